The molecule has 1 aromatic heterocycles. The van der Waals surface area contributed by atoms with Gasteiger partial charge in [-0.15, -0.1) is 0 Å². The second-order valence-corrected chi connectivity index (χ2v) is 6.45. The Morgan fingerprint density at radius 3 is 2.50 bits per heavy atom. The third kappa shape index (κ3) is 4.97. The van der Waals surface area contributed by atoms with E-state index in [1.54, 1.807) is 12.1 Å². The molecule has 0 unspecified atom stereocenters. The monoisotopic (exact) mass is 410 g/mol. The number of amides is 1. The van der Waals surface area contributed by atoms with Crippen molar-refractivity contribution in [3.63, 3.8) is 0 Å². The lowest BCUT2D eigenvalue weighted by Crippen LogP contribution is -2.13. The summed E-state index contributed by atoms with van der Waals surface area (Å²) in [4.78, 5) is 12.4. The van der Waals surface area contributed by atoms with Gasteiger partial charge in [0.2, 0.25) is 0 Å². The van der Waals surface area contributed by atoms with Crippen molar-refractivity contribution < 1.29 is 22.4 Å². The molecular formula is C23H17F3N2O2. The highest BCUT2D eigenvalue weighted by Gasteiger charge is 2.30. The van der Waals surface area contributed by atoms with E-state index in [1.807, 2.05) is 25.1 Å². The Kier molecular flexibility index (Phi) is 6.07. The van der Waals surface area contributed by atoms with Gasteiger partial charge in [0.15, 0.2) is 0 Å². The number of carbonyl (C=O) groups is 1. The Labute approximate surface area is 171 Å². The molecule has 0 aliphatic heterocycles. The highest BCUT2D eigenvalue weighted by Crippen LogP contribution is 2.32. The van der Waals surface area contributed by atoms with Crippen LogP contribution in [0.3, 0.4) is 0 Å². The predicted octanol–water partition coefficient (Wildman–Crippen LogP) is 6.07. The van der Waals surface area contributed by atoms with Crippen LogP contribution in [0.15, 0.2) is 70.7 Å². The highest BCUT2D eigenvalue weighted by molar-refractivity contribution is 6.09. The molecule has 1 heterocycles. The van der Waals surface area contributed by atoms with Gasteiger partial charge in [-0.05, 0) is 48.4 Å². The van der Waals surface area contributed by atoms with Crippen LogP contribution in [0.2, 0.25) is 0 Å². The van der Waals surface area contributed by atoms with Gasteiger partial charge >= 0.3 is 6.18 Å². The van der Waals surface area contributed by atoms with Crippen molar-refractivity contribution in [1.29, 1.82) is 5.26 Å². The summed E-state index contributed by atoms with van der Waals surface area (Å²) in [6, 6.07) is 16.7. The van der Waals surface area contributed by atoms with Crippen molar-refractivity contribution in [3.8, 4) is 17.4 Å². The van der Waals surface area contributed by atoms with Crippen LogP contribution in [-0.4, -0.2) is 5.91 Å². The van der Waals surface area contributed by atoms with Crippen molar-refractivity contribution in [2.75, 3.05) is 5.32 Å². The average Bonchev–Trinajstić information content (AvgIpc) is 3.20. The maximum atomic E-state index is 12.9. The van der Waals surface area contributed by atoms with E-state index in [9.17, 15) is 23.2 Å². The Morgan fingerprint density at radius 1 is 1.13 bits per heavy atom. The smallest absolute Gasteiger partial charge is 0.416 e. The topological polar surface area (TPSA) is 66.0 Å². The maximum absolute atomic E-state index is 12.9. The summed E-state index contributed by atoms with van der Waals surface area (Å²) in [6.07, 6.45) is -2.36. The van der Waals surface area contributed by atoms with Gasteiger partial charge < -0.3 is 9.73 Å². The van der Waals surface area contributed by atoms with Gasteiger partial charge in [-0.2, -0.15) is 18.4 Å². The molecule has 2 aromatic carbocycles. The third-order valence-corrected chi connectivity index (χ3v) is 4.37. The van der Waals surface area contributed by atoms with Crippen molar-refractivity contribution >= 4 is 17.7 Å². The van der Waals surface area contributed by atoms with Gasteiger partial charge in [0.05, 0.1) is 5.56 Å². The van der Waals surface area contributed by atoms with E-state index in [2.05, 4.69) is 5.32 Å². The van der Waals surface area contributed by atoms with Gasteiger partial charge in [-0.1, -0.05) is 31.2 Å². The molecule has 3 aromatic rings. The Hall–Kier alpha value is -3.79. The first-order chi connectivity index (χ1) is 14.3. The molecule has 7 heteroatoms. The standard InChI is InChI=1S/C23H17F3N2O2/c1-2-15-6-8-19(9-7-15)28-22(29)17(14-27)13-20-10-11-21(30-20)16-4-3-5-18(12-16)23(24,25)26/h3-13H,2H2,1H3,(H,28,29)/b17-13+. The van der Waals surface area contributed by atoms with E-state index in [4.69, 9.17) is 4.42 Å². The van der Waals surface area contributed by atoms with Crippen LogP contribution in [0.5, 0.6) is 0 Å². The number of nitrogens with zero attached hydrogens (tertiary/aromatic N) is 1. The first-order valence-electron chi connectivity index (χ1n) is 9.09. The van der Waals surface area contributed by atoms with Crippen molar-refractivity contribution in [1.82, 2.24) is 0 Å². The molecule has 0 aliphatic rings. The Morgan fingerprint density at radius 2 is 1.87 bits per heavy atom. The minimum absolute atomic E-state index is 0.176. The Balaban J connectivity index is 1.79. The highest BCUT2D eigenvalue weighted by atomic mass is 19.4. The Bertz CT molecular complexity index is 1120. The van der Waals surface area contributed by atoms with E-state index in [0.717, 1.165) is 24.1 Å². The number of aryl methyl sites for hydroxylation is 1. The molecule has 0 fully saturated rings. The lowest BCUT2D eigenvalue weighted by molar-refractivity contribution is -0.137. The second-order valence-electron chi connectivity index (χ2n) is 6.45. The second kappa shape index (κ2) is 8.70. The number of nitriles is 1. The molecule has 4 nitrogen and oxygen atoms in total. The lowest BCUT2D eigenvalue weighted by atomic mass is 10.1. The summed E-state index contributed by atoms with van der Waals surface area (Å²) >= 11 is 0. The summed E-state index contributed by atoms with van der Waals surface area (Å²) in [6.45, 7) is 2.01. The van der Waals surface area contributed by atoms with Gasteiger partial charge in [-0.25, -0.2) is 0 Å². The number of furan rings is 1. The van der Waals surface area contributed by atoms with Gasteiger partial charge in [0.1, 0.15) is 23.2 Å². The van der Waals surface area contributed by atoms with Crippen LogP contribution in [0, 0.1) is 11.3 Å². The summed E-state index contributed by atoms with van der Waals surface area (Å²) in [5, 5.41) is 12.0. The molecule has 30 heavy (non-hydrogen) atoms. The number of alkyl halides is 3. The quantitative estimate of drug-likeness (QED) is 0.410. The number of benzene rings is 2. The van der Waals surface area contributed by atoms with E-state index in [1.165, 1.54) is 30.3 Å². The third-order valence-electron chi connectivity index (χ3n) is 4.37. The predicted molar refractivity (Wildman–Crippen MR) is 107 cm³/mol. The van der Waals surface area contributed by atoms with Crippen molar-refractivity contribution in [3.05, 3.63) is 83.1 Å². The molecule has 0 saturated heterocycles. The van der Waals surface area contributed by atoms with Gasteiger partial charge in [0.25, 0.3) is 5.91 Å². The summed E-state index contributed by atoms with van der Waals surface area (Å²) in [7, 11) is 0. The lowest BCUT2D eigenvalue weighted by Gasteiger charge is -2.07. The van der Waals surface area contributed by atoms with Gasteiger partial charge in [-0.3, -0.25) is 4.79 Å². The fourth-order valence-corrected chi connectivity index (χ4v) is 2.75. The molecule has 0 spiro atoms. The van der Waals surface area contributed by atoms with E-state index >= 15 is 0 Å². The van der Waals surface area contributed by atoms with Crippen LogP contribution in [0.4, 0.5) is 18.9 Å². The molecule has 0 radical (unpaired) electrons. The number of hydrogen-bond donors (Lipinski definition) is 1. The number of carbonyl (C=O) groups excluding carboxylic acids is 1. The summed E-state index contributed by atoms with van der Waals surface area (Å²) < 4.78 is 44.2. The zero-order chi connectivity index (χ0) is 21.7. The molecule has 0 saturated carbocycles. The normalized spacial score (nSPS) is 11.8. The maximum Gasteiger partial charge on any atom is 0.416 e. The number of hydrogen-bond acceptors (Lipinski definition) is 3. The molecule has 0 bridgehead atoms. The van der Waals surface area contributed by atoms with E-state index < -0.39 is 17.6 Å². The average molecular weight is 410 g/mol. The van der Waals surface area contributed by atoms with Gasteiger partial charge in [0, 0.05) is 17.3 Å². The SMILES string of the molecule is CCc1ccc(NC(=O)/C(C#N)=C/c2ccc(-c3cccc(C(F)(F)F)c3)o2)cc1. The molecule has 0 aliphatic carbocycles. The van der Waals surface area contributed by atoms with Crippen molar-refractivity contribution in [2.24, 2.45) is 0 Å². The molecule has 152 valence electrons. The minimum Gasteiger partial charge on any atom is -0.457 e. The number of nitrogens with one attached hydrogen (secondary N) is 1. The largest absolute Gasteiger partial charge is 0.457 e. The molecule has 1 N–H and O–H groups in total. The fraction of sp³-hybridized carbons (Fsp3) is 0.130. The number of halogens is 3. The van der Waals surface area contributed by atoms with Crippen molar-refractivity contribution in [2.45, 2.75) is 19.5 Å². The molecule has 3 rings (SSSR count). The van der Waals surface area contributed by atoms with Crippen LogP contribution in [-0.2, 0) is 17.4 Å². The first-order valence-corrected chi connectivity index (χ1v) is 9.09. The van der Waals surface area contributed by atoms with Crippen LogP contribution in [0.25, 0.3) is 17.4 Å². The van der Waals surface area contributed by atoms with E-state index in [0.29, 0.717) is 5.69 Å². The van der Waals surface area contributed by atoms with Crippen LogP contribution >= 0.6 is 0 Å². The number of anilines is 1. The zero-order valence-electron chi connectivity index (χ0n) is 16.0. The zero-order valence-corrected chi connectivity index (χ0v) is 16.0. The van der Waals surface area contributed by atoms with Crippen LogP contribution < -0.4 is 5.32 Å². The fourth-order valence-electron chi connectivity index (χ4n) is 2.75. The summed E-state index contributed by atoms with van der Waals surface area (Å²) in [5.41, 5.74) is 0.909. The van der Waals surface area contributed by atoms with E-state index in [-0.39, 0.29) is 22.7 Å². The number of rotatable bonds is 5. The molecule has 1 amide bonds. The molecular weight excluding hydrogens is 393 g/mol. The minimum atomic E-state index is -4.47. The summed E-state index contributed by atoms with van der Waals surface area (Å²) in [5.74, 6) is -0.241. The molecule has 0 atom stereocenters. The first kappa shape index (κ1) is 20.9. The van der Waals surface area contributed by atoms with Crippen LogP contribution in [0.1, 0.15) is 23.8 Å².